The van der Waals surface area contributed by atoms with E-state index >= 15 is 0 Å². The molecule has 2 aromatic heterocycles. The minimum atomic E-state index is -3.57. The van der Waals surface area contributed by atoms with Crippen molar-refractivity contribution in [3.8, 4) is 0 Å². The third kappa shape index (κ3) is 3.69. The van der Waals surface area contributed by atoms with E-state index in [2.05, 4.69) is 11.9 Å². The van der Waals surface area contributed by atoms with Crippen LogP contribution in [0, 0.1) is 12.8 Å². The van der Waals surface area contributed by atoms with Gasteiger partial charge < -0.3 is 0 Å². The number of hydrogen-bond donors (Lipinski definition) is 0. The Labute approximate surface area is 191 Å². The predicted octanol–water partition coefficient (Wildman–Crippen LogP) is 4.77. The van der Waals surface area contributed by atoms with E-state index in [1.165, 1.54) is 10.4 Å². The zero-order chi connectivity index (χ0) is 22.5. The van der Waals surface area contributed by atoms with E-state index in [4.69, 9.17) is 0 Å². The maximum atomic E-state index is 13.2. The minimum absolute atomic E-state index is 0.0154. The summed E-state index contributed by atoms with van der Waals surface area (Å²) in [6.45, 7) is 4.53. The van der Waals surface area contributed by atoms with Crippen molar-refractivity contribution in [2.24, 2.45) is 5.92 Å². The summed E-state index contributed by atoms with van der Waals surface area (Å²) in [5, 5.41) is 0.762. The molecule has 0 saturated heterocycles. The fraction of sp³-hybridized carbons (Fsp3) is 0.280. The first-order valence-corrected chi connectivity index (χ1v) is 13.0. The normalized spacial score (nSPS) is 16.2. The van der Waals surface area contributed by atoms with Gasteiger partial charge in [-0.05, 0) is 67.5 Å². The maximum absolute atomic E-state index is 13.2. The molecule has 0 fully saturated rings. The monoisotopic (exact) mass is 464 g/mol. The fourth-order valence-corrected chi connectivity index (χ4v) is 6.90. The average Bonchev–Trinajstić information content (AvgIpc) is 3.14. The molecular formula is C25H24N2O3S2. The summed E-state index contributed by atoms with van der Waals surface area (Å²) in [5.41, 5.74) is 3.03. The lowest BCUT2D eigenvalue weighted by Gasteiger charge is -2.17. The van der Waals surface area contributed by atoms with Crippen LogP contribution >= 0.6 is 11.3 Å². The Morgan fingerprint density at radius 1 is 1.06 bits per heavy atom. The van der Waals surface area contributed by atoms with Gasteiger partial charge in [0.05, 0.1) is 28.0 Å². The van der Waals surface area contributed by atoms with Crippen LogP contribution in [0.4, 0.5) is 0 Å². The van der Waals surface area contributed by atoms with Gasteiger partial charge in [0, 0.05) is 4.88 Å². The van der Waals surface area contributed by atoms with Crippen LogP contribution < -0.4 is 5.56 Å². The maximum Gasteiger partial charge on any atom is 0.262 e. The molecule has 164 valence electrons. The minimum Gasteiger partial charge on any atom is -0.294 e. The van der Waals surface area contributed by atoms with Crippen molar-refractivity contribution in [2.45, 2.75) is 49.4 Å². The molecule has 1 aliphatic carbocycles. The van der Waals surface area contributed by atoms with E-state index < -0.39 is 9.84 Å². The van der Waals surface area contributed by atoms with Gasteiger partial charge in [-0.15, -0.1) is 11.3 Å². The largest absolute Gasteiger partial charge is 0.294 e. The van der Waals surface area contributed by atoms with Crippen molar-refractivity contribution >= 4 is 31.4 Å². The first-order chi connectivity index (χ1) is 15.3. The second-order valence-electron chi connectivity index (χ2n) is 8.67. The third-order valence-electron chi connectivity index (χ3n) is 6.20. The standard InChI is InChI=1S/C25H24N2O3S2/c1-16-3-8-19(9-4-16)32(29,30)20-10-6-18(7-11-20)14-27-15-26-24-23(25(27)28)21-12-5-17(2)13-22(21)31-24/h3-4,6-11,15,17H,5,12-14H2,1-2H3. The van der Waals surface area contributed by atoms with Crippen LogP contribution in [0.15, 0.2) is 69.4 Å². The molecule has 0 saturated carbocycles. The van der Waals surface area contributed by atoms with Crippen LogP contribution in [-0.2, 0) is 29.2 Å². The Morgan fingerprint density at radius 3 is 2.41 bits per heavy atom. The van der Waals surface area contributed by atoms with Gasteiger partial charge in [-0.2, -0.15) is 0 Å². The molecule has 0 radical (unpaired) electrons. The van der Waals surface area contributed by atoms with Gasteiger partial charge in [-0.3, -0.25) is 9.36 Å². The summed E-state index contributed by atoms with van der Waals surface area (Å²) in [6, 6.07) is 13.6. The highest BCUT2D eigenvalue weighted by Gasteiger charge is 2.23. The first kappa shape index (κ1) is 21.1. The number of benzene rings is 2. The van der Waals surface area contributed by atoms with Crippen molar-refractivity contribution in [1.82, 2.24) is 9.55 Å². The van der Waals surface area contributed by atoms with Gasteiger partial charge in [0.2, 0.25) is 9.84 Å². The molecule has 32 heavy (non-hydrogen) atoms. The van der Waals surface area contributed by atoms with Crippen LogP contribution in [0.25, 0.3) is 10.2 Å². The zero-order valence-electron chi connectivity index (χ0n) is 18.0. The van der Waals surface area contributed by atoms with Crippen LogP contribution in [0.2, 0.25) is 0 Å². The molecule has 1 atom stereocenters. The Bertz CT molecular complexity index is 1460. The zero-order valence-corrected chi connectivity index (χ0v) is 19.7. The lowest BCUT2D eigenvalue weighted by atomic mass is 9.89. The molecule has 2 aromatic carbocycles. The number of aromatic nitrogens is 2. The van der Waals surface area contributed by atoms with Crippen molar-refractivity contribution < 1.29 is 8.42 Å². The Hall–Kier alpha value is -2.77. The second-order valence-corrected chi connectivity index (χ2v) is 11.7. The molecule has 4 aromatic rings. The summed E-state index contributed by atoms with van der Waals surface area (Å²) in [7, 11) is -3.57. The molecule has 1 aliphatic rings. The molecule has 7 heteroatoms. The van der Waals surface area contributed by atoms with Gasteiger partial charge >= 0.3 is 0 Å². The number of sulfone groups is 1. The molecule has 5 rings (SSSR count). The van der Waals surface area contributed by atoms with E-state index in [9.17, 15) is 13.2 Å². The Kier molecular flexibility index (Phi) is 5.26. The summed E-state index contributed by atoms with van der Waals surface area (Å²) in [5.74, 6) is 0.646. The van der Waals surface area contributed by atoms with E-state index in [1.54, 1.807) is 70.8 Å². The van der Waals surface area contributed by atoms with Gasteiger partial charge in [-0.25, -0.2) is 13.4 Å². The molecule has 0 aliphatic heterocycles. The first-order valence-electron chi connectivity index (χ1n) is 10.7. The fourth-order valence-electron chi connectivity index (χ4n) is 4.30. The lowest BCUT2D eigenvalue weighted by molar-refractivity contribution is 0.509. The molecule has 5 nitrogen and oxygen atoms in total. The molecular weight excluding hydrogens is 440 g/mol. The van der Waals surface area contributed by atoms with Gasteiger partial charge in [0.1, 0.15) is 4.83 Å². The number of fused-ring (bicyclic) bond motifs is 3. The van der Waals surface area contributed by atoms with Gasteiger partial charge in [-0.1, -0.05) is 36.8 Å². The smallest absolute Gasteiger partial charge is 0.262 e. The number of hydrogen-bond acceptors (Lipinski definition) is 5. The van der Waals surface area contributed by atoms with Crippen molar-refractivity contribution in [3.05, 3.63) is 86.8 Å². The summed E-state index contributed by atoms with van der Waals surface area (Å²) >= 11 is 1.64. The van der Waals surface area contributed by atoms with Crippen molar-refractivity contribution in [1.29, 1.82) is 0 Å². The summed E-state index contributed by atoms with van der Waals surface area (Å²) < 4.78 is 27.4. The van der Waals surface area contributed by atoms with Crippen LogP contribution in [0.1, 0.15) is 34.9 Å². The topological polar surface area (TPSA) is 69.0 Å². The van der Waals surface area contributed by atoms with Gasteiger partial charge in [0.25, 0.3) is 5.56 Å². The highest BCUT2D eigenvalue weighted by molar-refractivity contribution is 7.91. The Morgan fingerprint density at radius 2 is 1.72 bits per heavy atom. The van der Waals surface area contributed by atoms with E-state index in [1.807, 2.05) is 6.92 Å². The lowest BCUT2D eigenvalue weighted by Crippen LogP contribution is -2.22. The number of nitrogens with zero attached hydrogens (tertiary/aromatic N) is 2. The van der Waals surface area contributed by atoms with E-state index in [0.29, 0.717) is 12.5 Å². The molecule has 0 spiro atoms. The van der Waals surface area contributed by atoms with E-state index in [-0.39, 0.29) is 15.4 Å². The quantitative estimate of drug-likeness (QED) is 0.436. The van der Waals surface area contributed by atoms with Gasteiger partial charge in [0.15, 0.2) is 0 Å². The van der Waals surface area contributed by atoms with Crippen LogP contribution in [-0.4, -0.2) is 18.0 Å². The number of rotatable bonds is 4. The van der Waals surface area contributed by atoms with Crippen LogP contribution in [0.3, 0.4) is 0 Å². The van der Waals surface area contributed by atoms with Crippen molar-refractivity contribution in [3.63, 3.8) is 0 Å². The Balaban J connectivity index is 1.44. The third-order valence-corrected chi connectivity index (χ3v) is 9.15. The number of aryl methyl sites for hydroxylation is 2. The molecule has 0 bridgehead atoms. The second kappa shape index (κ2) is 7.98. The average molecular weight is 465 g/mol. The molecule has 2 heterocycles. The number of thiophene rings is 1. The summed E-state index contributed by atoms with van der Waals surface area (Å²) in [6.07, 6.45) is 4.66. The van der Waals surface area contributed by atoms with E-state index in [0.717, 1.165) is 40.6 Å². The van der Waals surface area contributed by atoms with Crippen LogP contribution in [0.5, 0.6) is 0 Å². The molecule has 0 amide bonds. The summed E-state index contributed by atoms with van der Waals surface area (Å²) in [4.78, 5) is 20.4. The molecule has 1 unspecified atom stereocenters. The van der Waals surface area contributed by atoms with Crippen molar-refractivity contribution in [2.75, 3.05) is 0 Å². The SMILES string of the molecule is Cc1ccc(S(=O)(=O)c2ccc(Cn3cnc4sc5c(c4c3=O)CCC(C)C5)cc2)cc1. The highest BCUT2D eigenvalue weighted by atomic mass is 32.2. The highest BCUT2D eigenvalue weighted by Crippen LogP contribution is 2.35. The predicted molar refractivity (Wildman–Crippen MR) is 127 cm³/mol. The molecule has 0 N–H and O–H groups in total.